The smallest absolute Gasteiger partial charge is 0.271 e. The van der Waals surface area contributed by atoms with Gasteiger partial charge in [-0.05, 0) is 67.4 Å². The molecule has 0 radical (unpaired) electrons. The summed E-state index contributed by atoms with van der Waals surface area (Å²) in [5, 5.41) is 4.08. The summed E-state index contributed by atoms with van der Waals surface area (Å²) in [7, 11) is -4.15. The number of aryl methyl sites for hydroxylation is 2. The number of halogens is 4. The van der Waals surface area contributed by atoms with Crippen molar-refractivity contribution in [3.8, 4) is 0 Å². The summed E-state index contributed by atoms with van der Waals surface area (Å²) < 4.78 is 66.4. The monoisotopic (exact) mass is 523 g/mol. The Morgan fingerprint density at radius 3 is 2.37 bits per heavy atom. The average Bonchev–Trinajstić information content (AvgIpc) is 2.78. The molecule has 3 rings (SSSR count). The Hall–Kier alpha value is -3.37. The van der Waals surface area contributed by atoms with Gasteiger partial charge in [0.15, 0.2) is 0 Å². The highest BCUT2D eigenvalue weighted by atomic mass is 35.5. The second kappa shape index (κ2) is 10.5. The van der Waals surface area contributed by atoms with E-state index in [1.54, 1.807) is 25.1 Å². The minimum atomic E-state index is -4.52. The maximum Gasteiger partial charge on any atom is 0.416 e. The molecule has 0 saturated heterocycles. The van der Waals surface area contributed by atoms with Crippen LogP contribution in [0, 0.1) is 13.8 Å². The zero-order chi connectivity index (χ0) is 25.8. The van der Waals surface area contributed by atoms with Gasteiger partial charge in [0.25, 0.3) is 15.9 Å². The van der Waals surface area contributed by atoms with E-state index in [0.29, 0.717) is 10.6 Å². The first kappa shape index (κ1) is 26.2. The Bertz CT molecular complexity index is 1360. The fourth-order valence-electron chi connectivity index (χ4n) is 3.18. The van der Waals surface area contributed by atoms with Crippen LogP contribution in [0.25, 0.3) is 0 Å². The fraction of sp³-hybridized carbons (Fsp3) is 0.167. The van der Waals surface area contributed by atoms with E-state index in [4.69, 9.17) is 11.6 Å². The maximum atomic E-state index is 13.4. The molecule has 1 N–H and O–H groups in total. The Labute approximate surface area is 206 Å². The number of rotatable bonds is 7. The first-order valence-electron chi connectivity index (χ1n) is 10.2. The van der Waals surface area contributed by atoms with E-state index < -0.39 is 34.2 Å². The lowest BCUT2D eigenvalue weighted by atomic mass is 10.1. The van der Waals surface area contributed by atoms with Crippen LogP contribution in [-0.4, -0.2) is 27.1 Å². The zero-order valence-corrected chi connectivity index (χ0v) is 20.2. The van der Waals surface area contributed by atoms with Crippen molar-refractivity contribution in [2.75, 3.05) is 10.8 Å². The van der Waals surface area contributed by atoms with E-state index in [1.807, 2.05) is 6.92 Å². The van der Waals surface area contributed by atoms with E-state index in [0.717, 1.165) is 28.2 Å². The summed E-state index contributed by atoms with van der Waals surface area (Å²) in [4.78, 5) is 12.6. The number of sulfonamides is 1. The van der Waals surface area contributed by atoms with Crippen molar-refractivity contribution >= 4 is 39.4 Å². The summed E-state index contributed by atoms with van der Waals surface area (Å²) in [5.74, 6) is -0.793. The first-order valence-corrected chi connectivity index (χ1v) is 12.0. The summed E-state index contributed by atoms with van der Waals surface area (Å²) in [6, 6.07) is 15.1. The lowest BCUT2D eigenvalue weighted by Crippen LogP contribution is -2.40. The third kappa shape index (κ3) is 6.61. The van der Waals surface area contributed by atoms with Crippen molar-refractivity contribution in [3.63, 3.8) is 0 Å². The minimum Gasteiger partial charge on any atom is -0.271 e. The number of nitrogens with one attached hydrogen (secondary N) is 1. The van der Waals surface area contributed by atoms with E-state index in [1.165, 1.54) is 36.4 Å². The largest absolute Gasteiger partial charge is 0.416 e. The maximum absolute atomic E-state index is 13.4. The van der Waals surface area contributed by atoms with Crippen LogP contribution >= 0.6 is 11.6 Å². The van der Waals surface area contributed by atoms with Gasteiger partial charge >= 0.3 is 6.18 Å². The van der Waals surface area contributed by atoms with Crippen molar-refractivity contribution in [3.05, 3.63) is 94.0 Å². The summed E-state index contributed by atoms with van der Waals surface area (Å²) in [6.45, 7) is 2.84. The molecule has 0 aromatic heterocycles. The molecular formula is C24H21ClF3N3O3S. The molecule has 3 aromatic rings. The van der Waals surface area contributed by atoms with Crippen LogP contribution < -0.4 is 9.73 Å². The van der Waals surface area contributed by atoms with Crippen molar-refractivity contribution in [1.29, 1.82) is 0 Å². The zero-order valence-electron chi connectivity index (χ0n) is 18.7. The first-order chi connectivity index (χ1) is 16.4. The van der Waals surface area contributed by atoms with Gasteiger partial charge in [0, 0.05) is 5.02 Å². The van der Waals surface area contributed by atoms with Crippen LogP contribution in [-0.2, 0) is 21.0 Å². The van der Waals surface area contributed by atoms with Crippen molar-refractivity contribution in [2.24, 2.45) is 5.10 Å². The number of hydrogen-bond donors (Lipinski definition) is 1. The number of amides is 1. The van der Waals surface area contributed by atoms with Crippen LogP contribution in [0.4, 0.5) is 18.9 Å². The second-order valence-corrected chi connectivity index (χ2v) is 9.97. The van der Waals surface area contributed by atoms with E-state index in [2.05, 4.69) is 10.5 Å². The summed E-state index contributed by atoms with van der Waals surface area (Å²) in [6.07, 6.45) is -3.48. The summed E-state index contributed by atoms with van der Waals surface area (Å²) >= 11 is 6.01. The predicted molar refractivity (Wildman–Crippen MR) is 129 cm³/mol. The molecule has 0 spiro atoms. The summed E-state index contributed by atoms with van der Waals surface area (Å²) in [5.41, 5.74) is 3.04. The fourth-order valence-corrected chi connectivity index (χ4v) is 4.89. The normalized spacial score (nSPS) is 12.1. The predicted octanol–water partition coefficient (Wildman–Crippen LogP) is 5.32. The average molecular weight is 524 g/mol. The highest BCUT2D eigenvalue weighted by molar-refractivity contribution is 7.92. The van der Waals surface area contributed by atoms with Crippen LogP contribution in [0.2, 0.25) is 5.02 Å². The number of hydrazone groups is 1. The quantitative estimate of drug-likeness (QED) is 0.336. The third-order valence-electron chi connectivity index (χ3n) is 4.94. The van der Waals surface area contributed by atoms with Crippen LogP contribution in [0.15, 0.2) is 76.7 Å². The molecule has 0 aliphatic rings. The van der Waals surface area contributed by atoms with Gasteiger partial charge in [-0.25, -0.2) is 13.8 Å². The number of alkyl halides is 3. The van der Waals surface area contributed by atoms with Crippen LogP contribution in [0.5, 0.6) is 0 Å². The Morgan fingerprint density at radius 2 is 1.74 bits per heavy atom. The number of carbonyl (C=O) groups is 1. The van der Waals surface area contributed by atoms with Gasteiger partial charge in [-0.1, -0.05) is 41.4 Å². The molecule has 0 heterocycles. The second-order valence-electron chi connectivity index (χ2n) is 7.67. The molecule has 6 nitrogen and oxygen atoms in total. The standard InChI is InChI=1S/C24H21ClF3N3O3S/c1-16-6-9-21(10-7-16)35(33,34)31(22-11-8-20(25)12-17(22)2)15-23(32)30-29-14-18-4-3-5-19(13-18)24(26,27)28/h3-14H,15H2,1-2H3,(H,30,32)/b29-14-. The molecule has 3 aromatic carbocycles. The van der Waals surface area contributed by atoms with Crippen LogP contribution in [0.1, 0.15) is 22.3 Å². The number of carbonyl (C=O) groups excluding carboxylic acids is 1. The molecule has 0 saturated carbocycles. The van der Waals surface area contributed by atoms with E-state index >= 15 is 0 Å². The Morgan fingerprint density at radius 1 is 1.06 bits per heavy atom. The molecule has 0 aliphatic carbocycles. The molecule has 11 heteroatoms. The Kier molecular flexibility index (Phi) is 7.86. The number of anilines is 1. The lowest BCUT2D eigenvalue weighted by molar-refractivity contribution is -0.137. The highest BCUT2D eigenvalue weighted by Gasteiger charge is 2.30. The van der Waals surface area contributed by atoms with Gasteiger partial charge in [0.1, 0.15) is 6.54 Å². The number of benzene rings is 3. The van der Waals surface area contributed by atoms with E-state index in [-0.39, 0.29) is 16.1 Å². The molecule has 0 atom stereocenters. The lowest BCUT2D eigenvalue weighted by Gasteiger charge is -2.25. The van der Waals surface area contributed by atoms with Gasteiger partial charge in [-0.2, -0.15) is 18.3 Å². The molecule has 0 unspecified atom stereocenters. The SMILES string of the molecule is Cc1ccc(S(=O)(=O)N(CC(=O)N/N=C\c2cccc(C(F)(F)F)c2)c2ccc(Cl)cc2C)cc1. The van der Waals surface area contributed by atoms with Gasteiger partial charge in [-0.15, -0.1) is 0 Å². The topological polar surface area (TPSA) is 78.8 Å². The molecule has 0 aliphatic heterocycles. The Balaban J connectivity index is 1.86. The highest BCUT2D eigenvalue weighted by Crippen LogP contribution is 2.30. The molecule has 35 heavy (non-hydrogen) atoms. The molecule has 0 fully saturated rings. The minimum absolute atomic E-state index is 0.0160. The van der Waals surface area contributed by atoms with Gasteiger partial charge in [0.2, 0.25) is 0 Å². The molecule has 184 valence electrons. The van der Waals surface area contributed by atoms with Gasteiger partial charge < -0.3 is 0 Å². The van der Waals surface area contributed by atoms with Crippen molar-refractivity contribution in [2.45, 2.75) is 24.9 Å². The van der Waals surface area contributed by atoms with Gasteiger partial charge in [-0.3, -0.25) is 9.10 Å². The van der Waals surface area contributed by atoms with Gasteiger partial charge in [0.05, 0.1) is 22.4 Å². The molecule has 0 bridgehead atoms. The van der Waals surface area contributed by atoms with Crippen molar-refractivity contribution < 1.29 is 26.4 Å². The molecule has 1 amide bonds. The number of nitrogens with zero attached hydrogens (tertiary/aromatic N) is 2. The van der Waals surface area contributed by atoms with E-state index in [9.17, 15) is 26.4 Å². The number of hydrogen-bond acceptors (Lipinski definition) is 4. The third-order valence-corrected chi connectivity index (χ3v) is 6.95. The van der Waals surface area contributed by atoms with Crippen LogP contribution in [0.3, 0.4) is 0 Å². The van der Waals surface area contributed by atoms with Crippen molar-refractivity contribution in [1.82, 2.24) is 5.43 Å². The molecular weight excluding hydrogens is 503 g/mol.